The summed E-state index contributed by atoms with van der Waals surface area (Å²) in [4.78, 5) is 44.2. The van der Waals surface area contributed by atoms with Gasteiger partial charge in [-0.2, -0.15) is 13.2 Å². The molecular weight excluding hydrogens is 719 g/mol. The van der Waals surface area contributed by atoms with Crippen LogP contribution in [0.1, 0.15) is 62.1 Å². The number of carbonyl (C=O) groups excluding carboxylic acids is 3. The summed E-state index contributed by atoms with van der Waals surface area (Å²) < 4.78 is 82.8. The van der Waals surface area contributed by atoms with E-state index in [1.165, 1.54) is 39.2 Å². The van der Waals surface area contributed by atoms with Crippen LogP contribution in [-0.4, -0.2) is 109 Å². The van der Waals surface area contributed by atoms with E-state index in [1.807, 2.05) is 18.2 Å². The molecule has 6 rings (SSSR count). The second kappa shape index (κ2) is 14.4. The molecule has 0 bridgehead atoms. The first-order valence-electron chi connectivity index (χ1n) is 17.5. The van der Waals surface area contributed by atoms with Gasteiger partial charge in [0.2, 0.25) is 18.5 Å². The minimum atomic E-state index is -5.46. The largest absolute Gasteiger partial charge is 0.497 e. The van der Waals surface area contributed by atoms with Crippen LogP contribution in [0.15, 0.2) is 54.3 Å². The third-order valence-corrected chi connectivity index (χ3v) is 10.9. The van der Waals surface area contributed by atoms with Crippen molar-refractivity contribution in [3.8, 4) is 11.5 Å². The van der Waals surface area contributed by atoms with Crippen LogP contribution in [0.2, 0.25) is 0 Å². The van der Waals surface area contributed by atoms with Crippen molar-refractivity contribution in [1.82, 2.24) is 4.90 Å². The highest BCUT2D eigenvalue weighted by Gasteiger charge is 2.66. The van der Waals surface area contributed by atoms with Gasteiger partial charge in [0.1, 0.15) is 5.76 Å². The molecule has 2 aromatic carbocycles. The number of hydrogen-bond donors (Lipinski definition) is 2. The van der Waals surface area contributed by atoms with Gasteiger partial charge in [0.25, 0.3) is 5.60 Å². The molecule has 1 aliphatic carbocycles. The van der Waals surface area contributed by atoms with E-state index in [0.717, 1.165) is 43.3 Å². The smallest absolute Gasteiger partial charge is 0.432 e. The van der Waals surface area contributed by atoms with Crippen molar-refractivity contribution < 1.29 is 70.9 Å². The summed E-state index contributed by atoms with van der Waals surface area (Å²) in [5.41, 5.74) is -8.35. The van der Waals surface area contributed by atoms with Crippen LogP contribution in [0.4, 0.5) is 13.2 Å². The summed E-state index contributed by atoms with van der Waals surface area (Å²) in [6, 6.07) is 9.52. The predicted molar refractivity (Wildman–Crippen MR) is 181 cm³/mol. The lowest BCUT2D eigenvalue weighted by Gasteiger charge is -2.40. The molecule has 13 nitrogen and oxygen atoms in total. The molecule has 6 atom stereocenters. The van der Waals surface area contributed by atoms with Gasteiger partial charge in [-0.15, -0.1) is 0 Å². The standard InChI is InChI=1S/C38H44F3NO12/c1-34(2,46)14-15-36(47,30(31(43)49-4)54-33(45)37(50-5,38(39,40)41)23-10-7-6-8-11-23)32(44)53-29-27(48-3)20-35-13-9-16-42(35)17-12-22-18-25-26(52-21-51-25)19-24(22)28(29)35/h6-8,10-11,18-20,28-30,46-47H,9,12-17,21H2,1-5H3/t28-,29-,30-,35+,36-,37+/m1/s1. The van der Waals surface area contributed by atoms with Crippen molar-refractivity contribution in [1.29, 1.82) is 0 Å². The fourth-order valence-electron chi connectivity index (χ4n) is 8.17. The number of nitrogens with zero attached hydrogens (tertiary/aromatic N) is 1. The number of esters is 3. The zero-order valence-corrected chi connectivity index (χ0v) is 30.6. The van der Waals surface area contributed by atoms with Crippen LogP contribution in [0, 0.1) is 0 Å². The topological polar surface area (TPSA) is 160 Å². The molecule has 1 saturated heterocycles. The lowest BCUT2D eigenvalue weighted by Crippen LogP contribution is -2.60. The number of halogens is 3. The Morgan fingerprint density at radius 1 is 0.981 bits per heavy atom. The Labute approximate surface area is 309 Å². The van der Waals surface area contributed by atoms with Crippen molar-refractivity contribution in [2.75, 3.05) is 41.2 Å². The Bertz CT molecular complexity index is 1800. The van der Waals surface area contributed by atoms with Crippen molar-refractivity contribution in [2.45, 2.75) is 92.6 Å². The Kier molecular flexibility index (Phi) is 10.5. The first-order valence-corrected chi connectivity index (χ1v) is 17.5. The maximum absolute atomic E-state index is 14.9. The van der Waals surface area contributed by atoms with Crippen molar-refractivity contribution in [3.63, 3.8) is 0 Å². The SMILES string of the molecule is COC(=O)[C@@H](OC(=O)[C@@](OC)(c1ccccc1)C(F)(F)F)[C@](O)(CCC(C)(C)O)C(=O)O[C@@H]1C(OC)=C[C@]23CCCN2CCc2cc4c(cc2[C@H]13)OCO4. The van der Waals surface area contributed by atoms with Gasteiger partial charge < -0.3 is 43.4 Å². The van der Waals surface area contributed by atoms with E-state index < -0.39 is 83.0 Å². The maximum Gasteiger partial charge on any atom is 0.432 e. The van der Waals surface area contributed by atoms with Crippen LogP contribution >= 0.6 is 0 Å². The number of benzene rings is 2. The molecular formula is C38H44F3NO12. The molecule has 4 aliphatic rings. The zero-order chi connectivity index (χ0) is 39.3. The van der Waals surface area contributed by atoms with Gasteiger partial charge in [-0.25, -0.2) is 14.4 Å². The molecule has 0 unspecified atom stereocenters. The normalized spacial score (nSPS) is 24.7. The van der Waals surface area contributed by atoms with Crippen LogP contribution in [0.3, 0.4) is 0 Å². The second-order valence-electron chi connectivity index (χ2n) is 14.6. The zero-order valence-electron chi connectivity index (χ0n) is 30.6. The van der Waals surface area contributed by atoms with E-state index in [4.69, 9.17) is 33.2 Å². The molecule has 0 amide bonds. The Balaban J connectivity index is 1.43. The number of carbonyl (C=O) groups is 3. The molecule has 2 N–H and O–H groups in total. The van der Waals surface area contributed by atoms with Gasteiger partial charge in [-0.3, -0.25) is 4.90 Å². The van der Waals surface area contributed by atoms with Gasteiger partial charge in [0.05, 0.1) is 31.3 Å². The summed E-state index contributed by atoms with van der Waals surface area (Å²) in [5.74, 6) is -4.66. The molecule has 1 spiro atoms. The number of methoxy groups -OCH3 is 3. The first-order chi connectivity index (χ1) is 25.5. The average molecular weight is 764 g/mol. The number of alkyl halides is 3. The summed E-state index contributed by atoms with van der Waals surface area (Å²) >= 11 is 0. The van der Waals surface area contributed by atoms with Crippen molar-refractivity contribution in [2.24, 2.45) is 0 Å². The number of aliphatic hydroxyl groups is 2. The van der Waals surface area contributed by atoms with Crippen molar-refractivity contribution in [3.05, 3.63) is 71.0 Å². The van der Waals surface area contributed by atoms with E-state index in [2.05, 4.69) is 4.90 Å². The minimum absolute atomic E-state index is 0.0188. The van der Waals surface area contributed by atoms with Gasteiger partial charge >= 0.3 is 24.1 Å². The quantitative estimate of drug-likeness (QED) is 0.238. The molecule has 2 aromatic rings. The molecule has 0 radical (unpaired) electrons. The maximum atomic E-state index is 14.9. The number of rotatable bonds is 12. The van der Waals surface area contributed by atoms with Crippen LogP contribution in [0.25, 0.3) is 0 Å². The highest BCUT2D eigenvalue weighted by molar-refractivity contribution is 5.92. The minimum Gasteiger partial charge on any atom is -0.497 e. The van der Waals surface area contributed by atoms with Crippen LogP contribution < -0.4 is 9.47 Å². The fraction of sp³-hybridized carbons (Fsp3) is 0.553. The van der Waals surface area contributed by atoms with Crippen molar-refractivity contribution >= 4 is 17.9 Å². The van der Waals surface area contributed by atoms with Gasteiger partial charge in [-0.05, 0) is 81.8 Å². The van der Waals surface area contributed by atoms with Gasteiger partial charge in [0, 0.05) is 19.2 Å². The van der Waals surface area contributed by atoms with Crippen LogP contribution in [0.5, 0.6) is 11.5 Å². The van der Waals surface area contributed by atoms with E-state index in [9.17, 15) is 37.8 Å². The Morgan fingerprint density at radius 3 is 2.28 bits per heavy atom. The fourth-order valence-corrected chi connectivity index (χ4v) is 8.17. The number of fused-ring (bicyclic) bond motifs is 3. The molecule has 0 aromatic heterocycles. The number of hydrogen-bond acceptors (Lipinski definition) is 13. The summed E-state index contributed by atoms with van der Waals surface area (Å²) in [5, 5.41) is 23.0. The van der Waals surface area contributed by atoms with Gasteiger partial charge in [0.15, 0.2) is 17.6 Å². The third-order valence-electron chi connectivity index (χ3n) is 10.9. The highest BCUT2D eigenvalue weighted by Crippen LogP contribution is 2.56. The lowest BCUT2D eigenvalue weighted by atomic mass is 9.77. The third kappa shape index (κ3) is 6.56. The average Bonchev–Trinajstić information content (AvgIpc) is 3.82. The predicted octanol–water partition coefficient (Wildman–Crippen LogP) is 3.82. The Hall–Kier alpha value is -4.38. The molecule has 1 fully saturated rings. The van der Waals surface area contributed by atoms with Crippen LogP contribution in [-0.2, 0) is 50.1 Å². The molecule has 54 heavy (non-hydrogen) atoms. The summed E-state index contributed by atoms with van der Waals surface area (Å²) in [6.07, 6.45) is -6.72. The molecule has 3 heterocycles. The van der Waals surface area contributed by atoms with E-state index in [-0.39, 0.29) is 12.6 Å². The van der Waals surface area contributed by atoms with E-state index in [1.54, 1.807) is 0 Å². The molecule has 3 aliphatic heterocycles. The van der Waals surface area contributed by atoms with E-state index in [0.29, 0.717) is 38.0 Å². The lowest BCUT2D eigenvalue weighted by molar-refractivity contribution is -0.281. The molecule has 294 valence electrons. The first kappa shape index (κ1) is 39.3. The molecule has 16 heteroatoms. The monoisotopic (exact) mass is 763 g/mol. The summed E-state index contributed by atoms with van der Waals surface area (Å²) in [7, 11) is 2.85. The number of ether oxygens (including phenoxy) is 7. The Morgan fingerprint density at radius 2 is 1.67 bits per heavy atom. The molecule has 0 saturated carbocycles. The van der Waals surface area contributed by atoms with Gasteiger partial charge in [-0.1, -0.05) is 30.3 Å². The van der Waals surface area contributed by atoms with E-state index >= 15 is 0 Å². The second-order valence-corrected chi connectivity index (χ2v) is 14.6. The summed E-state index contributed by atoms with van der Waals surface area (Å²) in [6.45, 7) is 4.09. The highest BCUT2D eigenvalue weighted by atomic mass is 19.4.